The maximum absolute atomic E-state index is 13.1. The van der Waals surface area contributed by atoms with Crippen LogP contribution in [0.4, 0.5) is 10.8 Å². The number of hydrogen-bond acceptors (Lipinski definition) is 9. The molecule has 0 aliphatic heterocycles. The quantitative estimate of drug-likeness (QED) is 0.768. The third kappa shape index (κ3) is 3.27. The highest BCUT2D eigenvalue weighted by Gasteiger charge is 2.30. The Kier molecular flexibility index (Phi) is 4.77. The summed E-state index contributed by atoms with van der Waals surface area (Å²) in [5.41, 5.74) is -1.39. The zero-order valence-corrected chi connectivity index (χ0v) is 15.4. The normalized spacial score (nSPS) is 18.8. The molecule has 10 nitrogen and oxygen atoms in total. The van der Waals surface area contributed by atoms with Crippen LogP contribution in [0, 0.1) is 0 Å². The predicted molar refractivity (Wildman–Crippen MR) is 97.4 cm³/mol. The van der Waals surface area contributed by atoms with E-state index in [1.807, 2.05) is 0 Å². The van der Waals surface area contributed by atoms with E-state index < -0.39 is 17.1 Å². The minimum Gasteiger partial charge on any atom is -0.493 e. The third-order valence-electron chi connectivity index (χ3n) is 5.29. The van der Waals surface area contributed by atoms with Gasteiger partial charge in [-0.15, -0.1) is 15.3 Å². The molecule has 2 N–H and O–H groups in total. The fourth-order valence-corrected chi connectivity index (χ4v) is 4.43. The van der Waals surface area contributed by atoms with Crippen LogP contribution >= 0.6 is 11.3 Å². The molecule has 2 aliphatic carbocycles. The van der Waals surface area contributed by atoms with Crippen LogP contribution in [0.3, 0.4) is 0 Å². The molecule has 0 aromatic carbocycles. The number of azo groups is 1. The summed E-state index contributed by atoms with van der Waals surface area (Å²) >= 11 is 0.795. The molecule has 2 saturated carbocycles. The topological polar surface area (TPSA) is 135 Å². The first-order chi connectivity index (χ1) is 13.1. The van der Waals surface area contributed by atoms with Crippen molar-refractivity contribution in [2.75, 3.05) is 0 Å². The summed E-state index contributed by atoms with van der Waals surface area (Å²) in [6.07, 6.45) is 6.93. The van der Waals surface area contributed by atoms with Crippen molar-refractivity contribution in [2.24, 2.45) is 10.2 Å². The number of aromatic nitrogens is 4. The zero-order valence-electron chi connectivity index (χ0n) is 14.6. The van der Waals surface area contributed by atoms with Crippen LogP contribution in [0.25, 0.3) is 0 Å². The SMILES string of the molecule is O=c1c(N=Nc2nnc(O)s2)c(O)n(C2CCCC2)c(=O)n1C1CCCC1. The summed E-state index contributed by atoms with van der Waals surface area (Å²) in [5, 5.41) is 34.4. The second-order valence-electron chi connectivity index (χ2n) is 6.94. The van der Waals surface area contributed by atoms with Crippen LogP contribution in [-0.4, -0.2) is 29.5 Å². The van der Waals surface area contributed by atoms with Crippen molar-refractivity contribution >= 4 is 22.2 Å². The Hall–Kier alpha value is -2.56. The maximum Gasteiger partial charge on any atom is 0.334 e. The van der Waals surface area contributed by atoms with E-state index in [-0.39, 0.29) is 28.1 Å². The molecule has 0 atom stereocenters. The monoisotopic (exact) mass is 392 g/mol. The lowest BCUT2D eigenvalue weighted by molar-refractivity contribution is 0.341. The Morgan fingerprint density at radius 1 is 0.889 bits per heavy atom. The predicted octanol–water partition coefficient (Wildman–Crippen LogP) is 2.92. The van der Waals surface area contributed by atoms with Gasteiger partial charge in [0.2, 0.25) is 11.6 Å². The molecule has 0 spiro atoms. The molecule has 144 valence electrons. The van der Waals surface area contributed by atoms with Gasteiger partial charge in [-0.25, -0.2) is 4.79 Å². The van der Waals surface area contributed by atoms with E-state index >= 15 is 0 Å². The Morgan fingerprint density at radius 2 is 1.48 bits per heavy atom. The minimum atomic E-state index is -0.642. The van der Waals surface area contributed by atoms with Crippen molar-refractivity contribution in [1.29, 1.82) is 0 Å². The van der Waals surface area contributed by atoms with Gasteiger partial charge in [-0.05, 0) is 37.0 Å². The van der Waals surface area contributed by atoms with E-state index in [9.17, 15) is 19.8 Å². The Morgan fingerprint density at radius 3 is 2.04 bits per heavy atom. The van der Waals surface area contributed by atoms with Gasteiger partial charge in [0.25, 0.3) is 15.9 Å². The van der Waals surface area contributed by atoms with E-state index in [1.54, 1.807) is 0 Å². The average molecular weight is 392 g/mol. The highest BCUT2D eigenvalue weighted by Crippen LogP contribution is 2.35. The first kappa shape index (κ1) is 17.8. The van der Waals surface area contributed by atoms with Crippen molar-refractivity contribution in [2.45, 2.75) is 63.5 Å². The molecule has 27 heavy (non-hydrogen) atoms. The van der Waals surface area contributed by atoms with E-state index in [4.69, 9.17) is 0 Å². The highest BCUT2D eigenvalue weighted by atomic mass is 32.1. The zero-order chi connectivity index (χ0) is 19.0. The summed E-state index contributed by atoms with van der Waals surface area (Å²) in [6.45, 7) is 0. The Balaban J connectivity index is 1.87. The molecular weight excluding hydrogens is 372 g/mol. The largest absolute Gasteiger partial charge is 0.493 e. The van der Waals surface area contributed by atoms with Crippen LogP contribution in [0.2, 0.25) is 0 Å². The molecule has 2 aliphatic rings. The molecule has 2 aromatic rings. The van der Waals surface area contributed by atoms with Gasteiger partial charge in [-0.3, -0.25) is 13.9 Å². The fraction of sp³-hybridized carbons (Fsp3) is 0.625. The summed E-state index contributed by atoms with van der Waals surface area (Å²) in [6, 6.07) is -0.331. The van der Waals surface area contributed by atoms with E-state index in [0.717, 1.165) is 62.7 Å². The van der Waals surface area contributed by atoms with Crippen LogP contribution < -0.4 is 11.2 Å². The van der Waals surface area contributed by atoms with E-state index in [1.165, 1.54) is 9.13 Å². The number of nitrogens with zero attached hydrogens (tertiary/aromatic N) is 6. The standard InChI is InChI=1S/C16H20N6O4S/c23-12-11(17-18-14-19-20-15(25)27-14)13(24)22(10-7-3-4-8-10)16(26)21(12)9-5-1-2-6-9/h9-10,23H,1-8H2,(H,20,25). The highest BCUT2D eigenvalue weighted by molar-refractivity contribution is 7.16. The molecule has 0 amide bonds. The van der Waals surface area contributed by atoms with Gasteiger partial charge in [0.15, 0.2) is 0 Å². The second kappa shape index (κ2) is 7.22. The fourth-order valence-electron chi connectivity index (χ4n) is 4.02. The minimum absolute atomic E-state index is 0.0531. The lowest BCUT2D eigenvalue weighted by Gasteiger charge is -2.21. The van der Waals surface area contributed by atoms with Crippen LogP contribution in [0.5, 0.6) is 11.1 Å². The molecule has 0 unspecified atom stereocenters. The molecule has 2 fully saturated rings. The van der Waals surface area contributed by atoms with Crippen molar-refractivity contribution < 1.29 is 10.2 Å². The molecular formula is C16H20N6O4S. The Labute approximate surface area is 157 Å². The number of hydrogen-bond donors (Lipinski definition) is 2. The second-order valence-corrected chi connectivity index (χ2v) is 7.88. The summed E-state index contributed by atoms with van der Waals surface area (Å²) in [5.74, 6) is -0.455. The van der Waals surface area contributed by atoms with E-state index in [0.29, 0.717) is 0 Å². The molecule has 0 saturated heterocycles. The average Bonchev–Trinajstić information content (AvgIpc) is 3.38. The van der Waals surface area contributed by atoms with Gasteiger partial charge in [-0.2, -0.15) is 0 Å². The number of aromatic hydroxyl groups is 2. The molecule has 0 bridgehead atoms. The summed E-state index contributed by atoms with van der Waals surface area (Å²) < 4.78 is 2.54. The molecule has 2 heterocycles. The molecule has 4 rings (SSSR count). The van der Waals surface area contributed by atoms with Gasteiger partial charge >= 0.3 is 5.69 Å². The Bertz CT molecular complexity index is 982. The summed E-state index contributed by atoms with van der Waals surface area (Å²) in [7, 11) is 0. The third-order valence-corrected chi connectivity index (χ3v) is 5.90. The van der Waals surface area contributed by atoms with Crippen molar-refractivity contribution in [3.63, 3.8) is 0 Å². The molecule has 2 aromatic heterocycles. The lowest BCUT2D eigenvalue weighted by atomic mass is 10.2. The number of rotatable bonds is 4. The van der Waals surface area contributed by atoms with Gasteiger partial charge in [0.05, 0.1) is 0 Å². The smallest absolute Gasteiger partial charge is 0.334 e. The van der Waals surface area contributed by atoms with Crippen LogP contribution in [0.15, 0.2) is 19.8 Å². The first-order valence-corrected chi connectivity index (χ1v) is 9.92. The van der Waals surface area contributed by atoms with Gasteiger partial charge in [-0.1, -0.05) is 30.8 Å². The van der Waals surface area contributed by atoms with Crippen molar-refractivity contribution in [1.82, 2.24) is 19.3 Å². The molecule has 11 heteroatoms. The first-order valence-electron chi connectivity index (χ1n) is 9.10. The van der Waals surface area contributed by atoms with Crippen LogP contribution in [0.1, 0.15) is 63.5 Å². The molecule has 0 radical (unpaired) electrons. The lowest BCUT2D eigenvalue weighted by Crippen LogP contribution is -2.42. The van der Waals surface area contributed by atoms with Crippen molar-refractivity contribution in [3.8, 4) is 11.1 Å². The van der Waals surface area contributed by atoms with E-state index in [2.05, 4.69) is 20.4 Å². The maximum atomic E-state index is 13.1. The summed E-state index contributed by atoms with van der Waals surface area (Å²) in [4.78, 5) is 26.0. The van der Waals surface area contributed by atoms with Gasteiger partial charge in [0.1, 0.15) is 0 Å². The van der Waals surface area contributed by atoms with Crippen LogP contribution in [-0.2, 0) is 0 Å². The van der Waals surface area contributed by atoms with Gasteiger partial charge in [0, 0.05) is 12.1 Å². The van der Waals surface area contributed by atoms with Crippen molar-refractivity contribution in [3.05, 3.63) is 20.8 Å². The van der Waals surface area contributed by atoms with Gasteiger partial charge < -0.3 is 10.2 Å².